The van der Waals surface area contributed by atoms with Crippen LogP contribution in [0.15, 0.2) is 42.5 Å². The molecule has 2 aromatic rings. The van der Waals surface area contributed by atoms with E-state index in [2.05, 4.69) is 0 Å². The van der Waals surface area contributed by atoms with Crippen molar-refractivity contribution in [2.24, 2.45) is 11.1 Å². The van der Waals surface area contributed by atoms with Gasteiger partial charge in [-0.05, 0) is 42.4 Å². The number of ether oxygens (including phenoxy) is 1. The number of hydrogen-bond donors (Lipinski definition) is 1. The Kier molecular flexibility index (Phi) is 6.57. The van der Waals surface area contributed by atoms with Crippen LogP contribution in [0.4, 0.5) is 4.39 Å². The molecule has 1 atom stereocenters. The van der Waals surface area contributed by atoms with Crippen LogP contribution >= 0.6 is 23.2 Å². The first-order valence-electron chi connectivity index (χ1n) is 9.04. The van der Waals surface area contributed by atoms with Crippen molar-refractivity contribution in [2.75, 3.05) is 6.61 Å². The van der Waals surface area contributed by atoms with Gasteiger partial charge in [0, 0.05) is 18.2 Å². The summed E-state index contributed by atoms with van der Waals surface area (Å²) in [6.45, 7) is 1.15. The highest BCUT2D eigenvalue weighted by atomic mass is 35.5. The van der Waals surface area contributed by atoms with Crippen molar-refractivity contribution >= 4 is 23.2 Å². The quantitative estimate of drug-likeness (QED) is 0.440. The van der Waals surface area contributed by atoms with Crippen molar-refractivity contribution in [3.8, 4) is 0 Å². The smallest absolute Gasteiger partial charge is 0.129 e. The van der Waals surface area contributed by atoms with E-state index in [1.807, 2.05) is 30.3 Å². The molecule has 1 fully saturated rings. The van der Waals surface area contributed by atoms with E-state index in [9.17, 15) is 4.39 Å². The summed E-state index contributed by atoms with van der Waals surface area (Å²) in [6.07, 6.45) is 4.86. The molecular weight excluding hydrogens is 372 g/mol. The summed E-state index contributed by atoms with van der Waals surface area (Å²) < 4.78 is 20.3. The van der Waals surface area contributed by atoms with E-state index in [0.29, 0.717) is 23.8 Å². The fourth-order valence-electron chi connectivity index (χ4n) is 3.97. The molecule has 0 amide bonds. The average Bonchev–Trinajstić information content (AvgIpc) is 3.13. The predicted octanol–water partition coefficient (Wildman–Crippen LogP) is 6.30. The second-order valence-electron chi connectivity index (χ2n) is 7.09. The molecule has 0 aliphatic heterocycles. The van der Waals surface area contributed by atoms with E-state index >= 15 is 0 Å². The fraction of sp³-hybridized carbons (Fsp3) is 0.429. The summed E-state index contributed by atoms with van der Waals surface area (Å²) in [4.78, 5) is 0. The molecule has 0 spiro atoms. The Morgan fingerprint density at radius 3 is 2.46 bits per heavy atom. The van der Waals surface area contributed by atoms with Crippen LogP contribution in [0.5, 0.6) is 0 Å². The lowest BCUT2D eigenvalue weighted by molar-refractivity contribution is 0.0727. The van der Waals surface area contributed by atoms with Crippen LogP contribution in [0, 0.1) is 11.2 Å². The normalized spacial score (nSPS) is 17.4. The summed E-state index contributed by atoms with van der Waals surface area (Å²) in [7, 11) is 0. The molecule has 1 aliphatic rings. The van der Waals surface area contributed by atoms with Gasteiger partial charge in [-0.25, -0.2) is 4.39 Å². The number of hydrogen-bond acceptors (Lipinski definition) is 2. The SMILES string of the molecule is N[C@H](c1c(F)ccc(Cl)c1Cl)C1(CCOCc2ccccc2)CCCC1. The van der Waals surface area contributed by atoms with Crippen LogP contribution in [0.1, 0.15) is 49.3 Å². The zero-order chi connectivity index (χ0) is 18.6. The van der Waals surface area contributed by atoms with E-state index in [-0.39, 0.29) is 16.3 Å². The molecule has 2 N–H and O–H groups in total. The van der Waals surface area contributed by atoms with E-state index in [0.717, 1.165) is 37.7 Å². The minimum absolute atomic E-state index is 0.203. The van der Waals surface area contributed by atoms with Gasteiger partial charge in [0.25, 0.3) is 0 Å². The summed E-state index contributed by atoms with van der Waals surface area (Å²) in [5, 5.41) is 0.572. The second kappa shape index (κ2) is 8.71. The van der Waals surface area contributed by atoms with Crippen molar-refractivity contribution < 1.29 is 9.13 Å². The zero-order valence-corrected chi connectivity index (χ0v) is 16.2. The fourth-order valence-corrected chi connectivity index (χ4v) is 4.40. The lowest BCUT2D eigenvalue weighted by Crippen LogP contribution is -2.34. The highest BCUT2D eigenvalue weighted by Crippen LogP contribution is 2.51. The van der Waals surface area contributed by atoms with Crippen molar-refractivity contribution in [2.45, 2.75) is 44.8 Å². The molecule has 3 rings (SSSR count). The predicted molar refractivity (Wildman–Crippen MR) is 105 cm³/mol. The third kappa shape index (κ3) is 4.23. The Bertz CT molecular complexity index is 732. The van der Waals surface area contributed by atoms with Gasteiger partial charge in [-0.15, -0.1) is 0 Å². The first-order valence-corrected chi connectivity index (χ1v) is 9.80. The topological polar surface area (TPSA) is 35.2 Å². The van der Waals surface area contributed by atoms with Gasteiger partial charge in [0.1, 0.15) is 5.82 Å². The van der Waals surface area contributed by atoms with Gasteiger partial charge in [0.2, 0.25) is 0 Å². The molecule has 2 aromatic carbocycles. The second-order valence-corrected chi connectivity index (χ2v) is 7.88. The molecule has 0 aromatic heterocycles. The first kappa shape index (κ1) is 19.6. The van der Waals surface area contributed by atoms with Crippen molar-refractivity contribution in [3.05, 3.63) is 69.5 Å². The van der Waals surface area contributed by atoms with Crippen LogP contribution in [-0.4, -0.2) is 6.61 Å². The molecule has 0 saturated heterocycles. The molecule has 1 aliphatic carbocycles. The van der Waals surface area contributed by atoms with Crippen molar-refractivity contribution in [1.82, 2.24) is 0 Å². The van der Waals surface area contributed by atoms with Crippen LogP contribution in [0.3, 0.4) is 0 Å². The van der Waals surface area contributed by atoms with E-state index in [4.69, 9.17) is 33.7 Å². The van der Waals surface area contributed by atoms with Crippen molar-refractivity contribution in [3.63, 3.8) is 0 Å². The Morgan fingerprint density at radius 1 is 1.08 bits per heavy atom. The molecule has 2 nitrogen and oxygen atoms in total. The molecular formula is C21H24Cl2FNO. The van der Waals surface area contributed by atoms with Crippen LogP contribution in [-0.2, 0) is 11.3 Å². The third-order valence-electron chi connectivity index (χ3n) is 5.51. The molecule has 0 radical (unpaired) electrons. The molecule has 140 valence electrons. The Morgan fingerprint density at radius 2 is 1.77 bits per heavy atom. The maximum atomic E-state index is 14.5. The largest absolute Gasteiger partial charge is 0.377 e. The number of benzene rings is 2. The monoisotopic (exact) mass is 395 g/mol. The van der Waals surface area contributed by atoms with E-state index in [1.54, 1.807) is 0 Å². The summed E-state index contributed by atoms with van der Waals surface area (Å²) in [5.74, 6) is -0.386. The zero-order valence-electron chi connectivity index (χ0n) is 14.7. The van der Waals surface area contributed by atoms with Crippen LogP contribution < -0.4 is 5.73 Å². The van der Waals surface area contributed by atoms with Gasteiger partial charge in [0.05, 0.1) is 16.7 Å². The molecule has 5 heteroatoms. The third-order valence-corrected chi connectivity index (χ3v) is 6.32. The molecule has 1 saturated carbocycles. The van der Waals surface area contributed by atoms with Gasteiger partial charge >= 0.3 is 0 Å². The number of rotatable bonds is 7. The minimum Gasteiger partial charge on any atom is -0.377 e. The number of nitrogens with two attached hydrogens (primary N) is 1. The lowest BCUT2D eigenvalue weighted by atomic mass is 9.73. The average molecular weight is 396 g/mol. The standard InChI is InChI=1S/C21H24Cl2FNO/c22-16-8-9-17(24)18(19(16)23)20(25)21(10-4-5-11-21)12-13-26-14-15-6-2-1-3-7-15/h1-3,6-9,20H,4-5,10-14,25H2/t20-/m1/s1. The van der Waals surface area contributed by atoms with Crippen LogP contribution in [0.25, 0.3) is 0 Å². The molecule has 0 bridgehead atoms. The molecule has 0 heterocycles. The summed E-state index contributed by atoms with van der Waals surface area (Å²) >= 11 is 12.4. The van der Waals surface area contributed by atoms with E-state index in [1.165, 1.54) is 12.1 Å². The summed E-state index contributed by atoms with van der Waals surface area (Å²) in [6, 6.07) is 12.4. The van der Waals surface area contributed by atoms with Gasteiger partial charge < -0.3 is 10.5 Å². The Labute approximate surface area is 164 Å². The van der Waals surface area contributed by atoms with Gasteiger partial charge in [0.15, 0.2) is 0 Å². The lowest BCUT2D eigenvalue weighted by Gasteiger charge is -2.36. The molecule has 0 unspecified atom stereocenters. The van der Waals surface area contributed by atoms with Gasteiger partial charge in [-0.2, -0.15) is 0 Å². The van der Waals surface area contributed by atoms with Gasteiger partial charge in [-0.1, -0.05) is 66.4 Å². The maximum Gasteiger partial charge on any atom is 0.129 e. The van der Waals surface area contributed by atoms with E-state index < -0.39 is 6.04 Å². The Balaban J connectivity index is 1.70. The minimum atomic E-state index is -0.489. The summed E-state index contributed by atoms with van der Waals surface area (Å²) in [5.41, 5.74) is 7.84. The number of halogens is 3. The molecule has 26 heavy (non-hydrogen) atoms. The highest BCUT2D eigenvalue weighted by molar-refractivity contribution is 6.42. The first-order chi connectivity index (χ1) is 12.5. The van der Waals surface area contributed by atoms with Crippen LogP contribution in [0.2, 0.25) is 10.0 Å². The van der Waals surface area contributed by atoms with Crippen molar-refractivity contribution in [1.29, 1.82) is 0 Å². The Hall–Kier alpha value is -1.13. The maximum absolute atomic E-state index is 14.5. The van der Waals surface area contributed by atoms with Gasteiger partial charge in [-0.3, -0.25) is 0 Å². The highest BCUT2D eigenvalue weighted by Gasteiger charge is 2.41.